The quantitative estimate of drug-likeness (QED) is 0.774. The molecule has 0 atom stereocenters. The molecule has 0 aromatic heterocycles. The van der Waals surface area contributed by atoms with Crippen LogP contribution in [-0.4, -0.2) is 24.9 Å². The fourth-order valence-corrected chi connectivity index (χ4v) is 2.17. The normalized spacial score (nSPS) is 11.6. The molecule has 1 amide bonds. The van der Waals surface area contributed by atoms with Gasteiger partial charge in [-0.15, -0.1) is 0 Å². The summed E-state index contributed by atoms with van der Waals surface area (Å²) in [5.41, 5.74) is -0.225. The second-order valence-corrected chi connectivity index (χ2v) is 4.87. The number of nitrogens with one attached hydrogen (secondary N) is 1. The van der Waals surface area contributed by atoms with E-state index in [4.69, 9.17) is 16.3 Å². The predicted molar refractivity (Wildman–Crippen MR) is 69.9 cm³/mol. The monoisotopic (exact) mass is 377 g/mol. The second kappa shape index (κ2) is 6.62. The number of anilines is 1. The summed E-state index contributed by atoms with van der Waals surface area (Å²) in [6.45, 7) is 1.80. The number of benzene rings is 1. The van der Waals surface area contributed by atoms with Gasteiger partial charge >= 0.3 is 18.3 Å². The Labute approximate surface area is 125 Å². The van der Waals surface area contributed by atoms with Crippen LogP contribution in [0.15, 0.2) is 16.6 Å². The number of rotatable bonds is 5. The molecule has 1 aromatic carbocycles. The maximum atomic E-state index is 12.9. The van der Waals surface area contributed by atoms with Crippen LogP contribution in [0, 0.1) is 0 Å². The van der Waals surface area contributed by atoms with Crippen molar-refractivity contribution in [2.75, 3.05) is 11.9 Å². The Bertz CT molecular complexity index is 513. The van der Waals surface area contributed by atoms with E-state index in [1.807, 2.05) is 0 Å². The average Bonchev–Trinajstić information content (AvgIpc) is 2.33. The van der Waals surface area contributed by atoms with Crippen molar-refractivity contribution in [1.29, 1.82) is 0 Å². The van der Waals surface area contributed by atoms with Crippen LogP contribution in [0.2, 0.25) is 5.02 Å². The molecule has 1 aromatic rings. The van der Waals surface area contributed by atoms with E-state index in [-0.39, 0.29) is 23.1 Å². The summed E-state index contributed by atoms with van der Waals surface area (Å²) in [7, 11) is 0. The number of alkyl halides is 4. The van der Waals surface area contributed by atoms with Crippen LogP contribution >= 0.6 is 27.5 Å². The summed E-state index contributed by atoms with van der Waals surface area (Å²) in [5.74, 6) is -6.92. The van der Waals surface area contributed by atoms with Crippen LogP contribution in [0.5, 0.6) is 5.75 Å². The van der Waals surface area contributed by atoms with Crippen molar-refractivity contribution in [3.05, 3.63) is 21.6 Å². The maximum absolute atomic E-state index is 12.9. The van der Waals surface area contributed by atoms with E-state index in [0.29, 0.717) is 4.47 Å². The van der Waals surface area contributed by atoms with Gasteiger partial charge in [-0.2, -0.15) is 8.78 Å². The van der Waals surface area contributed by atoms with Gasteiger partial charge in [0.15, 0.2) is 5.75 Å². The SMILES string of the molecule is CCOc1c(Br)cc(Cl)cc1NC(=O)C(F)(F)C(F)F. The van der Waals surface area contributed by atoms with Crippen LogP contribution in [0.25, 0.3) is 0 Å². The van der Waals surface area contributed by atoms with Crippen molar-refractivity contribution in [3.8, 4) is 5.75 Å². The fraction of sp³-hybridized carbons (Fsp3) is 0.364. The largest absolute Gasteiger partial charge is 0.491 e. The fourth-order valence-electron chi connectivity index (χ4n) is 1.25. The summed E-state index contributed by atoms with van der Waals surface area (Å²) >= 11 is 8.78. The number of amides is 1. The smallest absolute Gasteiger partial charge is 0.383 e. The number of ether oxygens (including phenoxy) is 1. The van der Waals surface area contributed by atoms with Gasteiger partial charge in [0.2, 0.25) is 0 Å². The molecular weight excluding hydrogens is 369 g/mol. The molecule has 3 nitrogen and oxygen atoms in total. The third-order valence-corrected chi connectivity index (χ3v) is 2.93. The van der Waals surface area contributed by atoms with Gasteiger partial charge in [0.1, 0.15) is 0 Å². The van der Waals surface area contributed by atoms with E-state index in [1.165, 1.54) is 6.07 Å². The molecule has 0 bridgehead atoms. The van der Waals surface area contributed by atoms with Gasteiger partial charge in [0.25, 0.3) is 0 Å². The van der Waals surface area contributed by atoms with Crippen molar-refractivity contribution in [2.45, 2.75) is 19.3 Å². The number of hydrogen-bond donors (Lipinski definition) is 1. The van der Waals surface area contributed by atoms with Gasteiger partial charge in [0.05, 0.1) is 16.8 Å². The Morgan fingerprint density at radius 2 is 2.10 bits per heavy atom. The van der Waals surface area contributed by atoms with E-state index in [9.17, 15) is 22.4 Å². The Hall–Kier alpha value is -1.02. The van der Waals surface area contributed by atoms with E-state index < -0.39 is 18.3 Å². The van der Waals surface area contributed by atoms with Gasteiger partial charge in [-0.3, -0.25) is 4.79 Å². The summed E-state index contributed by atoms with van der Waals surface area (Å²) in [6, 6.07) is 2.53. The highest BCUT2D eigenvalue weighted by atomic mass is 79.9. The highest BCUT2D eigenvalue weighted by Crippen LogP contribution is 2.37. The molecule has 0 saturated carbocycles. The van der Waals surface area contributed by atoms with Crippen LogP contribution in [-0.2, 0) is 4.79 Å². The first-order valence-corrected chi connectivity index (χ1v) is 6.46. The first-order valence-electron chi connectivity index (χ1n) is 5.29. The topological polar surface area (TPSA) is 38.3 Å². The molecule has 0 heterocycles. The lowest BCUT2D eigenvalue weighted by atomic mass is 10.2. The minimum Gasteiger partial charge on any atom is -0.491 e. The minimum atomic E-state index is -4.81. The van der Waals surface area contributed by atoms with Gasteiger partial charge in [-0.1, -0.05) is 11.6 Å². The third kappa shape index (κ3) is 3.76. The predicted octanol–water partition coefficient (Wildman–Crippen LogP) is 4.34. The molecule has 1 rings (SSSR count). The summed E-state index contributed by atoms with van der Waals surface area (Å²) in [4.78, 5) is 11.2. The molecular formula is C11H9BrClF4NO2. The summed E-state index contributed by atoms with van der Waals surface area (Å²) in [6.07, 6.45) is -4.11. The molecule has 112 valence electrons. The highest BCUT2D eigenvalue weighted by Gasteiger charge is 2.49. The standard InChI is InChI=1S/C11H9BrClF4NO2/c1-2-20-8-6(12)3-5(13)4-7(8)18-10(19)11(16,17)9(14)15/h3-4,9H,2H2,1H3,(H,18,19). The first-order chi connectivity index (χ1) is 9.20. The Kier molecular flexibility index (Phi) is 5.64. The van der Waals surface area contributed by atoms with Gasteiger partial charge < -0.3 is 10.1 Å². The lowest BCUT2D eigenvalue weighted by Gasteiger charge is -2.17. The van der Waals surface area contributed by atoms with Crippen molar-refractivity contribution in [2.24, 2.45) is 0 Å². The van der Waals surface area contributed by atoms with Crippen LogP contribution in [0.4, 0.5) is 23.2 Å². The van der Waals surface area contributed by atoms with E-state index in [2.05, 4.69) is 15.9 Å². The zero-order chi connectivity index (χ0) is 15.5. The number of carbonyl (C=O) groups is 1. The van der Waals surface area contributed by atoms with Crippen molar-refractivity contribution < 1.29 is 27.1 Å². The van der Waals surface area contributed by atoms with E-state index in [0.717, 1.165) is 6.07 Å². The van der Waals surface area contributed by atoms with Crippen LogP contribution < -0.4 is 10.1 Å². The van der Waals surface area contributed by atoms with Crippen molar-refractivity contribution >= 4 is 39.1 Å². The lowest BCUT2D eigenvalue weighted by molar-refractivity contribution is -0.163. The minimum absolute atomic E-state index is 0.0234. The van der Waals surface area contributed by atoms with Gasteiger partial charge in [0, 0.05) is 5.02 Å². The van der Waals surface area contributed by atoms with Crippen molar-refractivity contribution in [3.63, 3.8) is 0 Å². The molecule has 0 aliphatic heterocycles. The first kappa shape index (κ1) is 17.0. The number of halogens is 6. The summed E-state index contributed by atoms with van der Waals surface area (Å²) < 4.78 is 55.4. The lowest BCUT2D eigenvalue weighted by Crippen LogP contribution is -2.41. The molecule has 1 N–H and O–H groups in total. The second-order valence-electron chi connectivity index (χ2n) is 3.58. The molecule has 0 radical (unpaired) electrons. The van der Waals surface area contributed by atoms with Crippen molar-refractivity contribution in [1.82, 2.24) is 0 Å². The van der Waals surface area contributed by atoms with Gasteiger partial charge in [-0.25, -0.2) is 8.78 Å². The van der Waals surface area contributed by atoms with Crippen LogP contribution in [0.1, 0.15) is 6.92 Å². The van der Waals surface area contributed by atoms with Crippen LogP contribution in [0.3, 0.4) is 0 Å². The zero-order valence-electron chi connectivity index (χ0n) is 10.0. The Balaban J connectivity index is 3.11. The molecule has 0 aliphatic rings. The molecule has 0 unspecified atom stereocenters. The zero-order valence-corrected chi connectivity index (χ0v) is 12.4. The maximum Gasteiger partial charge on any atom is 0.383 e. The van der Waals surface area contributed by atoms with E-state index in [1.54, 1.807) is 12.2 Å². The number of hydrogen-bond acceptors (Lipinski definition) is 2. The average molecular weight is 379 g/mol. The summed E-state index contributed by atoms with van der Waals surface area (Å²) in [5, 5.41) is 1.80. The molecule has 20 heavy (non-hydrogen) atoms. The Morgan fingerprint density at radius 1 is 1.50 bits per heavy atom. The van der Waals surface area contributed by atoms with E-state index >= 15 is 0 Å². The molecule has 0 saturated heterocycles. The molecule has 0 aliphatic carbocycles. The highest BCUT2D eigenvalue weighted by molar-refractivity contribution is 9.10. The molecule has 9 heteroatoms. The number of carbonyl (C=O) groups excluding carboxylic acids is 1. The Morgan fingerprint density at radius 3 is 2.60 bits per heavy atom. The third-order valence-electron chi connectivity index (χ3n) is 2.12. The molecule has 0 fully saturated rings. The molecule has 0 spiro atoms. The van der Waals surface area contributed by atoms with Gasteiger partial charge in [-0.05, 0) is 35.0 Å².